The van der Waals surface area contributed by atoms with E-state index in [2.05, 4.69) is 25.1 Å². The summed E-state index contributed by atoms with van der Waals surface area (Å²) in [7, 11) is 0. The fourth-order valence-electron chi connectivity index (χ4n) is 4.79. The zero-order valence-electron chi connectivity index (χ0n) is 27.7. The number of hydrogen-bond donors (Lipinski definition) is 0. The third-order valence-electron chi connectivity index (χ3n) is 6.72. The smallest absolute Gasteiger partial charge is 0.427 e. The van der Waals surface area contributed by atoms with Crippen LogP contribution in [-0.2, 0) is 9.47 Å². The molecule has 0 radical (unpaired) electrons. The molecule has 4 aromatic heterocycles. The molecule has 2 amide bonds. The minimum absolute atomic E-state index is 0.194. The van der Waals surface area contributed by atoms with Gasteiger partial charge in [0.15, 0.2) is 11.5 Å². The summed E-state index contributed by atoms with van der Waals surface area (Å²) in [5, 5.41) is 8.66. The summed E-state index contributed by atoms with van der Waals surface area (Å²) >= 11 is 0. The third-order valence-corrected chi connectivity index (χ3v) is 6.72. The Bertz CT molecular complexity index is 1940. The number of benzene rings is 1. The highest BCUT2D eigenvalue weighted by atomic mass is 19.3. The number of rotatable bonds is 6. The van der Waals surface area contributed by atoms with Gasteiger partial charge in [-0.1, -0.05) is 12.1 Å². The summed E-state index contributed by atoms with van der Waals surface area (Å²) in [4.78, 5) is 40.2. The van der Waals surface area contributed by atoms with Crippen LogP contribution in [0.15, 0.2) is 61.1 Å². The Hall–Kier alpha value is -5.34. The van der Waals surface area contributed by atoms with Crippen LogP contribution in [0, 0.1) is 12.7 Å². The molecule has 48 heavy (non-hydrogen) atoms. The second-order valence-electron chi connectivity index (χ2n) is 13.2. The van der Waals surface area contributed by atoms with Gasteiger partial charge >= 0.3 is 12.2 Å². The zero-order valence-corrected chi connectivity index (χ0v) is 27.7. The monoisotopic (exact) mass is 664 g/mol. The molecule has 252 valence electrons. The van der Waals surface area contributed by atoms with Crippen molar-refractivity contribution in [1.29, 1.82) is 0 Å². The molecule has 1 atom stereocenters. The van der Waals surface area contributed by atoms with Crippen molar-refractivity contribution in [2.45, 2.75) is 78.6 Å². The third kappa shape index (κ3) is 7.61. The number of amides is 2. The maximum absolute atomic E-state index is 14.9. The number of anilines is 1. The van der Waals surface area contributed by atoms with Crippen molar-refractivity contribution in [2.24, 2.45) is 0 Å². The molecule has 1 aromatic carbocycles. The minimum atomic E-state index is -3.22. The largest absolute Gasteiger partial charge is 0.443 e. The molecule has 0 spiro atoms. The van der Waals surface area contributed by atoms with E-state index in [9.17, 15) is 22.8 Å². The van der Waals surface area contributed by atoms with Gasteiger partial charge in [0.2, 0.25) is 0 Å². The highest BCUT2D eigenvalue weighted by Crippen LogP contribution is 2.36. The Labute approximate surface area is 274 Å². The molecule has 0 aliphatic carbocycles. The molecule has 0 aliphatic heterocycles. The molecule has 12 nitrogen and oxygen atoms in total. The van der Waals surface area contributed by atoms with Crippen molar-refractivity contribution < 1.29 is 32.2 Å². The van der Waals surface area contributed by atoms with Crippen LogP contribution in [0.2, 0.25) is 0 Å². The molecule has 0 saturated heterocycles. The maximum Gasteiger partial charge on any atom is 0.427 e. The summed E-state index contributed by atoms with van der Waals surface area (Å²) < 4.78 is 56.6. The van der Waals surface area contributed by atoms with Crippen molar-refractivity contribution >= 4 is 23.8 Å². The Morgan fingerprint density at radius 3 is 2.08 bits per heavy atom. The maximum atomic E-state index is 14.9. The van der Waals surface area contributed by atoms with Gasteiger partial charge in [0.1, 0.15) is 23.1 Å². The van der Waals surface area contributed by atoms with Gasteiger partial charge in [-0.15, -0.1) is 10.00 Å². The van der Waals surface area contributed by atoms with E-state index in [0.717, 1.165) is 23.7 Å². The van der Waals surface area contributed by atoms with Gasteiger partial charge in [-0.3, -0.25) is 4.68 Å². The molecule has 0 saturated carbocycles. The van der Waals surface area contributed by atoms with Crippen molar-refractivity contribution in [3.8, 4) is 22.6 Å². The number of hydrogen-bond acceptors (Lipinski definition) is 9. The highest BCUT2D eigenvalue weighted by Gasteiger charge is 2.38. The van der Waals surface area contributed by atoms with E-state index >= 15 is 0 Å². The molecule has 5 aromatic rings. The number of imide groups is 1. The molecule has 1 unspecified atom stereocenters. The van der Waals surface area contributed by atoms with Crippen LogP contribution in [0.5, 0.6) is 0 Å². The normalized spacial score (nSPS) is 13.0. The number of carbonyl (C=O) groups is 2. The van der Waals surface area contributed by atoms with Gasteiger partial charge < -0.3 is 9.47 Å². The van der Waals surface area contributed by atoms with Crippen molar-refractivity contribution in [1.82, 2.24) is 34.3 Å². The lowest BCUT2D eigenvalue weighted by Gasteiger charge is -2.26. The second-order valence-corrected chi connectivity index (χ2v) is 13.2. The summed E-state index contributed by atoms with van der Waals surface area (Å²) in [6.07, 6.45) is 2.53. The Morgan fingerprint density at radius 1 is 0.875 bits per heavy atom. The quantitative estimate of drug-likeness (QED) is 0.182. The van der Waals surface area contributed by atoms with E-state index in [4.69, 9.17) is 9.47 Å². The summed E-state index contributed by atoms with van der Waals surface area (Å²) in [5.41, 5.74) is 0.483. The molecule has 0 N–H and O–H groups in total. The van der Waals surface area contributed by atoms with Crippen molar-refractivity contribution in [3.05, 3.63) is 78.1 Å². The van der Waals surface area contributed by atoms with Gasteiger partial charge in [-0.05, 0) is 84.4 Å². The number of carbonyl (C=O) groups excluding carboxylic acids is 2. The predicted molar refractivity (Wildman–Crippen MR) is 170 cm³/mol. The lowest BCUT2D eigenvalue weighted by atomic mass is 10.0. The van der Waals surface area contributed by atoms with Gasteiger partial charge in [-0.25, -0.2) is 37.2 Å². The molecule has 0 bridgehead atoms. The van der Waals surface area contributed by atoms with E-state index in [1.807, 2.05) is 0 Å². The minimum Gasteiger partial charge on any atom is -0.443 e. The first-order valence-electron chi connectivity index (χ1n) is 14.9. The molecule has 4 heterocycles. The number of nitrogens with zero attached hydrogens (tertiary/aromatic N) is 8. The van der Waals surface area contributed by atoms with Gasteiger partial charge in [0.25, 0.3) is 11.9 Å². The molecular formula is C33H35F3N8O4. The number of pyridine rings is 1. The van der Waals surface area contributed by atoms with Crippen LogP contribution in [0.3, 0.4) is 0 Å². The number of ether oxygens (including phenoxy) is 2. The molecular weight excluding hydrogens is 629 g/mol. The first-order valence-corrected chi connectivity index (χ1v) is 14.9. The molecule has 0 aliphatic rings. The summed E-state index contributed by atoms with van der Waals surface area (Å²) in [6.45, 7) is 12.4. The average Bonchev–Trinajstić information content (AvgIpc) is 3.54. The summed E-state index contributed by atoms with van der Waals surface area (Å²) in [5.74, 6) is -3.75. The van der Waals surface area contributed by atoms with Crippen LogP contribution in [0.25, 0.3) is 28.3 Å². The standard InChI is InChI=1S/C33H35F3N8O4/c1-19-23(18-43(40-19)26(33(8,35)36)20-9-11-22(34)12-10-20)24-13-15-37-27(38-24)21-14-16-42-25(17-21)39-28(41-42)44(29(45)47-31(2,3)4)30(46)48-32(5,6)7/h9-18,26H,1-8H3. The fraction of sp³-hybridized carbons (Fsp3) is 0.364. The summed E-state index contributed by atoms with van der Waals surface area (Å²) in [6, 6.07) is 8.28. The lowest BCUT2D eigenvalue weighted by molar-refractivity contribution is -0.0218. The van der Waals surface area contributed by atoms with E-state index in [1.54, 1.807) is 72.9 Å². The Balaban J connectivity index is 1.49. The average molecular weight is 665 g/mol. The van der Waals surface area contributed by atoms with E-state index in [0.29, 0.717) is 27.4 Å². The predicted octanol–water partition coefficient (Wildman–Crippen LogP) is 7.42. The van der Waals surface area contributed by atoms with Crippen LogP contribution >= 0.6 is 0 Å². The SMILES string of the molecule is Cc1nn(C(c2ccc(F)cc2)C(C)(F)F)cc1-c1ccnc(-c2ccn3nc(N(C(=O)OC(C)(C)C)C(=O)OC(C)(C)C)nc3c2)n1. The lowest BCUT2D eigenvalue weighted by Crippen LogP contribution is -2.44. The van der Waals surface area contributed by atoms with E-state index < -0.39 is 41.2 Å². The van der Waals surface area contributed by atoms with E-state index in [1.165, 1.54) is 29.0 Å². The van der Waals surface area contributed by atoms with Gasteiger partial charge in [0, 0.05) is 36.6 Å². The van der Waals surface area contributed by atoms with E-state index in [-0.39, 0.29) is 23.0 Å². The topological polar surface area (TPSA) is 130 Å². The fourth-order valence-corrected chi connectivity index (χ4v) is 4.79. The Morgan fingerprint density at radius 2 is 1.50 bits per heavy atom. The van der Waals surface area contributed by atoms with Crippen LogP contribution < -0.4 is 4.90 Å². The second kappa shape index (κ2) is 12.4. The number of alkyl halides is 2. The number of halogens is 3. The first-order chi connectivity index (χ1) is 22.3. The number of aryl methyl sites for hydroxylation is 1. The first kappa shape index (κ1) is 34.0. The molecule has 15 heteroatoms. The van der Waals surface area contributed by atoms with Gasteiger partial charge in [-0.2, -0.15) is 10.1 Å². The van der Waals surface area contributed by atoms with Crippen LogP contribution in [0.4, 0.5) is 28.7 Å². The van der Waals surface area contributed by atoms with Crippen LogP contribution in [-0.4, -0.2) is 63.7 Å². The van der Waals surface area contributed by atoms with Crippen molar-refractivity contribution in [3.63, 3.8) is 0 Å². The molecule has 0 fully saturated rings. The van der Waals surface area contributed by atoms with Gasteiger partial charge in [0.05, 0.1) is 11.4 Å². The number of fused-ring (bicyclic) bond motifs is 1. The Kier molecular flexibility index (Phi) is 8.75. The zero-order chi connectivity index (χ0) is 35.2. The number of aromatic nitrogens is 7. The van der Waals surface area contributed by atoms with Crippen molar-refractivity contribution in [2.75, 3.05) is 4.90 Å². The molecule has 5 rings (SSSR count). The highest BCUT2D eigenvalue weighted by molar-refractivity contribution is 6.08. The van der Waals surface area contributed by atoms with Crippen LogP contribution in [0.1, 0.15) is 65.8 Å².